The molecule has 10 heteroatoms. The van der Waals surface area contributed by atoms with Crippen LogP contribution in [0.2, 0.25) is 0 Å². The van der Waals surface area contributed by atoms with Gasteiger partial charge in [-0.15, -0.1) is 0 Å². The number of benzene rings is 2. The second-order valence-corrected chi connectivity index (χ2v) is 5.89. The van der Waals surface area contributed by atoms with E-state index in [1.807, 2.05) is 0 Å². The normalized spacial score (nSPS) is 11.7. The molecule has 0 aliphatic rings. The van der Waals surface area contributed by atoms with Crippen LogP contribution < -0.4 is 15.6 Å². The third-order valence-corrected chi connectivity index (χ3v) is 4.05. The molecule has 1 aromatic heterocycles. The first-order valence-electron chi connectivity index (χ1n) is 8.14. The summed E-state index contributed by atoms with van der Waals surface area (Å²) in [4.78, 5) is 27.0. The van der Waals surface area contributed by atoms with Crippen molar-refractivity contribution in [3.8, 4) is 11.5 Å². The smallest absolute Gasteiger partial charge is 0.418 e. The van der Waals surface area contributed by atoms with Gasteiger partial charge in [-0.2, -0.15) is 18.3 Å². The number of hydrazone groups is 1. The van der Waals surface area contributed by atoms with Crippen LogP contribution in [0, 0.1) is 0 Å². The minimum Gasteiger partial charge on any atom is -0.504 e. The van der Waals surface area contributed by atoms with E-state index in [0.29, 0.717) is 5.56 Å². The summed E-state index contributed by atoms with van der Waals surface area (Å²) in [5, 5.41) is 13.1. The SMILES string of the molecule is COc1ccc(/C=N/NC(=O)c2c[nH]c3c(C(F)(F)F)cccc3c2=O)cc1O. The first-order chi connectivity index (χ1) is 13.7. The summed E-state index contributed by atoms with van der Waals surface area (Å²) in [7, 11) is 1.39. The number of rotatable bonds is 4. The Bertz CT molecular complexity index is 1170. The summed E-state index contributed by atoms with van der Waals surface area (Å²) >= 11 is 0. The van der Waals surface area contributed by atoms with Crippen LogP contribution in [0.1, 0.15) is 21.5 Å². The minimum atomic E-state index is -4.65. The summed E-state index contributed by atoms with van der Waals surface area (Å²) in [5.41, 5.74) is -0.108. The van der Waals surface area contributed by atoms with Gasteiger partial charge in [0.2, 0.25) is 5.43 Å². The Balaban J connectivity index is 1.85. The van der Waals surface area contributed by atoms with Gasteiger partial charge in [-0.05, 0) is 35.9 Å². The van der Waals surface area contributed by atoms with Crippen molar-refractivity contribution in [2.24, 2.45) is 5.10 Å². The number of aromatic hydroxyl groups is 1. The number of H-pyrrole nitrogens is 1. The molecule has 29 heavy (non-hydrogen) atoms. The predicted molar refractivity (Wildman–Crippen MR) is 99.3 cm³/mol. The second-order valence-electron chi connectivity index (χ2n) is 5.89. The number of alkyl halides is 3. The molecular formula is C19H14F3N3O4. The van der Waals surface area contributed by atoms with E-state index in [2.05, 4.69) is 15.5 Å². The topological polar surface area (TPSA) is 104 Å². The van der Waals surface area contributed by atoms with Crippen LogP contribution in [0.4, 0.5) is 13.2 Å². The zero-order valence-electron chi connectivity index (χ0n) is 14.9. The number of phenols is 1. The largest absolute Gasteiger partial charge is 0.504 e. The van der Waals surface area contributed by atoms with Crippen molar-refractivity contribution in [3.63, 3.8) is 0 Å². The van der Waals surface area contributed by atoms with Gasteiger partial charge < -0.3 is 14.8 Å². The highest BCUT2D eigenvalue weighted by atomic mass is 19.4. The summed E-state index contributed by atoms with van der Waals surface area (Å²) in [6.45, 7) is 0. The first kappa shape index (κ1) is 19.9. The highest BCUT2D eigenvalue weighted by molar-refractivity contribution is 5.98. The number of carbonyl (C=O) groups excluding carboxylic acids is 1. The molecule has 1 amide bonds. The fourth-order valence-corrected chi connectivity index (χ4v) is 2.67. The standard InChI is InChI=1S/C19H14F3N3O4/c1-29-15-6-5-10(7-14(15)26)8-24-25-18(28)12-9-23-16-11(17(12)27)3-2-4-13(16)19(20,21)22/h2-9,26H,1H3,(H,23,27)(H,25,28)/b24-8+. The Labute approximate surface area is 161 Å². The Hall–Kier alpha value is -3.82. The number of aromatic nitrogens is 1. The van der Waals surface area contributed by atoms with Gasteiger partial charge in [-0.3, -0.25) is 9.59 Å². The molecule has 3 rings (SSSR count). The molecule has 2 aromatic carbocycles. The van der Waals surface area contributed by atoms with Crippen LogP contribution in [0.3, 0.4) is 0 Å². The molecule has 0 saturated heterocycles. The van der Waals surface area contributed by atoms with Gasteiger partial charge >= 0.3 is 6.18 Å². The zero-order valence-corrected chi connectivity index (χ0v) is 14.9. The van der Waals surface area contributed by atoms with E-state index in [1.165, 1.54) is 31.5 Å². The van der Waals surface area contributed by atoms with Crippen LogP contribution in [-0.4, -0.2) is 29.3 Å². The number of aromatic amines is 1. The number of ether oxygens (including phenoxy) is 1. The van der Waals surface area contributed by atoms with E-state index in [1.54, 1.807) is 6.07 Å². The number of methoxy groups -OCH3 is 1. The number of phenolic OH excluding ortho intramolecular Hbond substituents is 1. The Morgan fingerprint density at radius 2 is 2.03 bits per heavy atom. The van der Waals surface area contributed by atoms with E-state index < -0.39 is 34.2 Å². The highest BCUT2D eigenvalue weighted by Gasteiger charge is 2.33. The summed E-state index contributed by atoms with van der Waals surface area (Å²) in [5.74, 6) is -0.777. The van der Waals surface area contributed by atoms with Crippen molar-refractivity contribution in [1.29, 1.82) is 0 Å². The van der Waals surface area contributed by atoms with Crippen LogP contribution in [0.5, 0.6) is 11.5 Å². The summed E-state index contributed by atoms with van der Waals surface area (Å²) in [6, 6.07) is 7.53. The molecule has 0 fully saturated rings. The quantitative estimate of drug-likeness (QED) is 0.459. The van der Waals surface area contributed by atoms with Gasteiger partial charge in [-0.25, -0.2) is 5.43 Å². The monoisotopic (exact) mass is 405 g/mol. The minimum absolute atomic E-state index is 0.130. The molecule has 0 saturated carbocycles. The number of para-hydroxylation sites is 1. The average molecular weight is 405 g/mol. The molecule has 0 aliphatic carbocycles. The number of hydrogen-bond acceptors (Lipinski definition) is 5. The lowest BCUT2D eigenvalue weighted by Crippen LogP contribution is -2.25. The number of amides is 1. The molecular weight excluding hydrogens is 391 g/mol. The van der Waals surface area contributed by atoms with E-state index in [0.717, 1.165) is 18.3 Å². The second kappa shape index (κ2) is 7.66. The summed E-state index contributed by atoms with van der Waals surface area (Å²) in [6.07, 6.45) is -2.53. The van der Waals surface area contributed by atoms with Gasteiger partial charge in [0, 0.05) is 11.6 Å². The lowest BCUT2D eigenvalue weighted by molar-refractivity contribution is -0.136. The average Bonchev–Trinajstić information content (AvgIpc) is 2.67. The first-order valence-corrected chi connectivity index (χ1v) is 8.14. The maximum Gasteiger partial charge on any atom is 0.418 e. The molecule has 0 radical (unpaired) electrons. The Morgan fingerprint density at radius 3 is 2.69 bits per heavy atom. The van der Waals surface area contributed by atoms with Crippen LogP contribution >= 0.6 is 0 Å². The Kier molecular flexibility index (Phi) is 5.26. The summed E-state index contributed by atoms with van der Waals surface area (Å²) < 4.78 is 44.1. The number of nitrogens with zero attached hydrogens (tertiary/aromatic N) is 1. The van der Waals surface area contributed by atoms with Crippen molar-refractivity contribution < 1.29 is 27.8 Å². The van der Waals surface area contributed by atoms with E-state index in [4.69, 9.17) is 4.74 Å². The van der Waals surface area contributed by atoms with Crippen LogP contribution in [0.25, 0.3) is 10.9 Å². The van der Waals surface area contributed by atoms with Gasteiger partial charge in [-0.1, -0.05) is 6.07 Å². The fraction of sp³-hybridized carbons (Fsp3) is 0.105. The van der Waals surface area contributed by atoms with Crippen LogP contribution in [-0.2, 0) is 6.18 Å². The van der Waals surface area contributed by atoms with Gasteiger partial charge in [0.25, 0.3) is 5.91 Å². The zero-order chi connectivity index (χ0) is 21.2. The molecule has 0 unspecified atom stereocenters. The molecule has 150 valence electrons. The predicted octanol–water partition coefficient (Wildman–Crippen LogP) is 3.03. The van der Waals surface area contributed by atoms with Crippen molar-refractivity contribution in [1.82, 2.24) is 10.4 Å². The third kappa shape index (κ3) is 4.05. The maximum absolute atomic E-state index is 13.1. The van der Waals surface area contributed by atoms with Crippen LogP contribution in [0.15, 0.2) is 52.5 Å². The molecule has 3 aromatic rings. The molecule has 0 atom stereocenters. The number of nitrogens with one attached hydrogen (secondary N) is 2. The molecule has 0 bridgehead atoms. The van der Waals surface area contributed by atoms with Gasteiger partial charge in [0.15, 0.2) is 11.5 Å². The highest BCUT2D eigenvalue weighted by Crippen LogP contribution is 2.33. The molecule has 3 N–H and O–H groups in total. The van der Waals surface area contributed by atoms with Crippen molar-refractivity contribution in [2.75, 3.05) is 7.11 Å². The van der Waals surface area contributed by atoms with Crippen molar-refractivity contribution >= 4 is 23.0 Å². The molecule has 1 heterocycles. The number of carbonyl (C=O) groups is 1. The van der Waals surface area contributed by atoms with E-state index in [9.17, 15) is 27.9 Å². The molecule has 0 aliphatic heterocycles. The van der Waals surface area contributed by atoms with E-state index >= 15 is 0 Å². The lowest BCUT2D eigenvalue weighted by atomic mass is 10.1. The van der Waals surface area contributed by atoms with Crippen molar-refractivity contribution in [2.45, 2.75) is 6.18 Å². The number of hydrogen-bond donors (Lipinski definition) is 3. The number of pyridine rings is 1. The molecule has 0 spiro atoms. The third-order valence-electron chi connectivity index (χ3n) is 4.05. The fourth-order valence-electron chi connectivity index (χ4n) is 2.67. The Morgan fingerprint density at radius 1 is 1.28 bits per heavy atom. The number of halogens is 3. The van der Waals surface area contributed by atoms with Crippen molar-refractivity contribution in [3.05, 3.63) is 69.5 Å². The van der Waals surface area contributed by atoms with Gasteiger partial charge in [0.1, 0.15) is 5.56 Å². The number of fused-ring (bicyclic) bond motifs is 1. The maximum atomic E-state index is 13.1. The van der Waals surface area contributed by atoms with E-state index in [-0.39, 0.29) is 16.9 Å². The lowest BCUT2D eigenvalue weighted by Gasteiger charge is -2.10. The molecule has 7 nitrogen and oxygen atoms in total. The van der Waals surface area contributed by atoms with Gasteiger partial charge in [0.05, 0.1) is 24.4 Å².